The highest BCUT2D eigenvalue weighted by Crippen LogP contribution is 2.30. The first-order valence-electron chi connectivity index (χ1n) is 11.3. The summed E-state index contributed by atoms with van der Waals surface area (Å²) < 4.78 is 5.45. The largest absolute Gasteiger partial charge is 0.452 e. The second-order valence-corrected chi connectivity index (χ2v) is 8.64. The maximum atomic E-state index is 13.2. The molecule has 3 rings (SSSR count). The van der Waals surface area contributed by atoms with Gasteiger partial charge in [0.1, 0.15) is 0 Å². The quantitative estimate of drug-likeness (QED) is 0.690. The van der Waals surface area contributed by atoms with Crippen LogP contribution in [0.2, 0.25) is 0 Å². The van der Waals surface area contributed by atoms with E-state index in [0.717, 1.165) is 56.9 Å². The predicted molar refractivity (Wildman–Crippen MR) is 116 cm³/mol. The molecule has 2 aliphatic carbocycles. The number of nitrogens with zero attached hydrogens (tertiary/aromatic N) is 1. The third-order valence-electron chi connectivity index (χ3n) is 6.34. The highest BCUT2D eigenvalue weighted by atomic mass is 16.5. The van der Waals surface area contributed by atoms with Crippen LogP contribution in [0.1, 0.15) is 87.1 Å². The van der Waals surface area contributed by atoms with Crippen molar-refractivity contribution in [3.05, 3.63) is 29.3 Å². The molecule has 1 N–H and O–H groups in total. The van der Waals surface area contributed by atoms with Gasteiger partial charge in [0.15, 0.2) is 6.61 Å². The van der Waals surface area contributed by atoms with Gasteiger partial charge in [-0.25, -0.2) is 4.79 Å². The first-order chi connectivity index (χ1) is 14.5. The molecule has 0 spiro atoms. The number of para-hydroxylation sites is 1. The Labute approximate surface area is 179 Å². The number of hydrogen-bond donors (Lipinski definition) is 1. The van der Waals surface area contributed by atoms with Crippen LogP contribution in [0.15, 0.2) is 18.2 Å². The van der Waals surface area contributed by atoms with E-state index in [9.17, 15) is 14.4 Å². The molecule has 0 aromatic heterocycles. The Morgan fingerprint density at radius 1 is 0.967 bits per heavy atom. The minimum absolute atomic E-state index is 0.0871. The van der Waals surface area contributed by atoms with Crippen molar-refractivity contribution < 1.29 is 19.1 Å². The van der Waals surface area contributed by atoms with Crippen LogP contribution in [-0.2, 0) is 14.3 Å². The van der Waals surface area contributed by atoms with Crippen LogP contribution < -0.4 is 5.32 Å². The minimum Gasteiger partial charge on any atom is -0.452 e. The maximum Gasteiger partial charge on any atom is 0.340 e. The van der Waals surface area contributed by atoms with Gasteiger partial charge in [0.05, 0.1) is 11.3 Å². The molecule has 1 aromatic carbocycles. The van der Waals surface area contributed by atoms with Crippen LogP contribution in [0.4, 0.5) is 5.69 Å². The first kappa shape index (κ1) is 22.3. The Hall–Kier alpha value is -2.37. The second kappa shape index (κ2) is 10.6. The molecule has 6 nitrogen and oxygen atoms in total. The van der Waals surface area contributed by atoms with Crippen molar-refractivity contribution in [3.8, 4) is 0 Å². The van der Waals surface area contributed by atoms with Gasteiger partial charge in [-0.05, 0) is 44.2 Å². The van der Waals surface area contributed by atoms with E-state index in [1.54, 1.807) is 12.1 Å². The van der Waals surface area contributed by atoms with Crippen LogP contribution in [-0.4, -0.2) is 41.4 Å². The summed E-state index contributed by atoms with van der Waals surface area (Å²) in [6.45, 7) is 2.97. The summed E-state index contributed by atoms with van der Waals surface area (Å²) in [5.74, 6) is -0.922. The van der Waals surface area contributed by atoms with Gasteiger partial charge in [-0.3, -0.25) is 9.59 Å². The summed E-state index contributed by atoms with van der Waals surface area (Å²) in [5, 5.41) is 2.70. The molecule has 0 heterocycles. The van der Waals surface area contributed by atoms with Crippen molar-refractivity contribution in [2.45, 2.75) is 90.1 Å². The summed E-state index contributed by atoms with van der Waals surface area (Å²) in [4.78, 5) is 39.5. The normalized spacial score (nSPS) is 17.9. The Morgan fingerprint density at radius 3 is 2.07 bits per heavy atom. The van der Waals surface area contributed by atoms with Crippen LogP contribution in [0, 0.1) is 6.92 Å². The number of nitrogens with one attached hydrogen (secondary N) is 1. The maximum absolute atomic E-state index is 13.2. The van der Waals surface area contributed by atoms with Gasteiger partial charge in [-0.2, -0.15) is 0 Å². The van der Waals surface area contributed by atoms with E-state index >= 15 is 0 Å². The minimum atomic E-state index is -0.581. The van der Waals surface area contributed by atoms with Crippen molar-refractivity contribution in [1.82, 2.24) is 4.90 Å². The number of carbonyl (C=O) groups is 3. The van der Waals surface area contributed by atoms with Gasteiger partial charge in [-0.15, -0.1) is 0 Å². The lowest BCUT2D eigenvalue weighted by atomic mass is 9.88. The average molecular weight is 415 g/mol. The summed E-state index contributed by atoms with van der Waals surface area (Å²) in [5.41, 5.74) is 1.50. The molecule has 0 aliphatic heterocycles. The molecular formula is C24H34N2O4. The number of amides is 2. The smallest absolute Gasteiger partial charge is 0.340 e. The Kier molecular flexibility index (Phi) is 7.88. The van der Waals surface area contributed by atoms with Crippen LogP contribution in [0.3, 0.4) is 0 Å². The number of rotatable bonds is 6. The monoisotopic (exact) mass is 414 g/mol. The number of ether oxygens (including phenoxy) is 1. The zero-order valence-corrected chi connectivity index (χ0v) is 18.2. The van der Waals surface area contributed by atoms with Crippen molar-refractivity contribution in [2.75, 3.05) is 11.9 Å². The van der Waals surface area contributed by atoms with Crippen LogP contribution >= 0.6 is 0 Å². The zero-order valence-electron chi connectivity index (χ0n) is 18.2. The van der Waals surface area contributed by atoms with E-state index in [0.29, 0.717) is 5.69 Å². The lowest BCUT2D eigenvalue weighted by Gasteiger charge is -2.41. The third kappa shape index (κ3) is 5.61. The topological polar surface area (TPSA) is 75.7 Å². The van der Waals surface area contributed by atoms with Gasteiger partial charge >= 0.3 is 5.97 Å². The highest BCUT2D eigenvalue weighted by molar-refractivity contribution is 6.02. The molecule has 6 heteroatoms. The Morgan fingerprint density at radius 2 is 1.53 bits per heavy atom. The molecule has 2 amide bonds. The average Bonchev–Trinajstić information content (AvgIpc) is 2.75. The molecule has 30 heavy (non-hydrogen) atoms. The molecule has 1 aromatic rings. The lowest BCUT2D eigenvalue weighted by molar-refractivity contribution is -0.141. The van der Waals surface area contributed by atoms with Gasteiger partial charge in [0.25, 0.3) is 5.91 Å². The van der Waals surface area contributed by atoms with Crippen LogP contribution in [0.25, 0.3) is 0 Å². The zero-order chi connectivity index (χ0) is 21.5. The van der Waals surface area contributed by atoms with E-state index in [1.165, 1.54) is 19.8 Å². The first-order valence-corrected chi connectivity index (χ1v) is 11.3. The Bertz CT molecular complexity index is 746. The van der Waals surface area contributed by atoms with Gasteiger partial charge in [-0.1, -0.05) is 50.7 Å². The Balaban J connectivity index is 1.69. The molecule has 0 unspecified atom stereocenters. The summed E-state index contributed by atoms with van der Waals surface area (Å²) in [7, 11) is 0. The van der Waals surface area contributed by atoms with E-state index in [1.807, 2.05) is 13.0 Å². The fourth-order valence-electron chi connectivity index (χ4n) is 4.88. The molecule has 0 atom stereocenters. The molecule has 2 fully saturated rings. The van der Waals surface area contributed by atoms with E-state index in [-0.39, 0.29) is 36.1 Å². The van der Waals surface area contributed by atoms with Crippen molar-refractivity contribution in [2.24, 2.45) is 0 Å². The molecular weight excluding hydrogens is 380 g/mol. The molecule has 164 valence electrons. The molecule has 0 bridgehead atoms. The number of aryl methyl sites for hydroxylation is 1. The second-order valence-electron chi connectivity index (χ2n) is 8.64. The van der Waals surface area contributed by atoms with E-state index in [4.69, 9.17) is 4.74 Å². The number of carbonyl (C=O) groups excluding carboxylic acids is 3. The standard InChI is InChI=1S/C24H34N2O4/c1-17-10-9-15-21(23(17)25-18(2)27)24(29)30-16-22(28)26(19-11-5-3-6-12-19)20-13-7-4-8-14-20/h9-10,15,19-20H,3-8,11-14,16H2,1-2H3,(H,25,27). The van der Waals surface area contributed by atoms with Crippen molar-refractivity contribution in [1.29, 1.82) is 0 Å². The molecule has 2 saturated carbocycles. The van der Waals surface area contributed by atoms with E-state index in [2.05, 4.69) is 10.2 Å². The van der Waals surface area contributed by atoms with E-state index < -0.39 is 5.97 Å². The number of esters is 1. The SMILES string of the molecule is CC(=O)Nc1c(C)cccc1C(=O)OCC(=O)N(C1CCCCC1)C1CCCCC1. The lowest BCUT2D eigenvalue weighted by Crippen LogP contribution is -2.50. The number of benzene rings is 1. The fraction of sp³-hybridized carbons (Fsp3) is 0.625. The van der Waals surface area contributed by atoms with Gasteiger partial charge < -0.3 is 15.0 Å². The van der Waals surface area contributed by atoms with Crippen molar-refractivity contribution >= 4 is 23.5 Å². The molecule has 0 radical (unpaired) electrons. The summed E-state index contributed by atoms with van der Waals surface area (Å²) >= 11 is 0. The molecule has 2 aliphatic rings. The highest BCUT2D eigenvalue weighted by Gasteiger charge is 2.33. The van der Waals surface area contributed by atoms with Crippen LogP contribution in [0.5, 0.6) is 0 Å². The number of anilines is 1. The molecule has 0 saturated heterocycles. The summed E-state index contributed by atoms with van der Waals surface area (Å²) in [6, 6.07) is 5.71. The fourth-order valence-corrected chi connectivity index (χ4v) is 4.88. The number of hydrogen-bond acceptors (Lipinski definition) is 4. The van der Waals surface area contributed by atoms with Gasteiger partial charge in [0.2, 0.25) is 5.91 Å². The van der Waals surface area contributed by atoms with Gasteiger partial charge in [0, 0.05) is 19.0 Å². The third-order valence-corrected chi connectivity index (χ3v) is 6.34. The van der Waals surface area contributed by atoms with Crippen molar-refractivity contribution in [3.63, 3.8) is 0 Å². The predicted octanol–water partition coefficient (Wildman–Crippen LogP) is 4.60. The summed E-state index contributed by atoms with van der Waals surface area (Å²) in [6.07, 6.45) is 11.3.